The minimum absolute atomic E-state index is 0.0155. The van der Waals surface area contributed by atoms with Crippen LogP contribution in [0.25, 0.3) is 11.0 Å². The summed E-state index contributed by atoms with van der Waals surface area (Å²) in [5, 5.41) is 2.99. The van der Waals surface area contributed by atoms with Crippen LogP contribution in [0.5, 0.6) is 0 Å². The van der Waals surface area contributed by atoms with Crippen LogP contribution in [-0.2, 0) is 26.9 Å². The molecule has 3 rings (SSSR count). The highest BCUT2D eigenvalue weighted by Crippen LogP contribution is 2.19. The highest BCUT2D eigenvalue weighted by atomic mass is 32.2. The zero-order chi connectivity index (χ0) is 19.6. The molecule has 1 heterocycles. The predicted octanol–water partition coefficient (Wildman–Crippen LogP) is 2.77. The molecule has 27 heavy (non-hydrogen) atoms. The molecular formula is C20H23N3O3S. The quantitative estimate of drug-likeness (QED) is 0.707. The van der Waals surface area contributed by atoms with Gasteiger partial charge in [-0.1, -0.05) is 36.4 Å². The van der Waals surface area contributed by atoms with Gasteiger partial charge < -0.3 is 9.88 Å². The van der Waals surface area contributed by atoms with Crippen LogP contribution in [-0.4, -0.2) is 30.1 Å². The van der Waals surface area contributed by atoms with E-state index in [1.807, 2.05) is 62.4 Å². The predicted molar refractivity (Wildman–Crippen MR) is 106 cm³/mol. The Morgan fingerprint density at radius 1 is 1.15 bits per heavy atom. The Kier molecular flexibility index (Phi) is 5.32. The van der Waals surface area contributed by atoms with Crippen molar-refractivity contribution in [3.05, 3.63) is 65.5 Å². The van der Waals surface area contributed by atoms with Crippen molar-refractivity contribution in [1.82, 2.24) is 14.9 Å². The van der Waals surface area contributed by atoms with Crippen molar-refractivity contribution in [3.8, 4) is 0 Å². The van der Waals surface area contributed by atoms with Crippen molar-refractivity contribution in [3.63, 3.8) is 0 Å². The molecule has 1 atom stereocenters. The van der Waals surface area contributed by atoms with E-state index in [9.17, 15) is 13.2 Å². The number of para-hydroxylation sites is 2. The van der Waals surface area contributed by atoms with Gasteiger partial charge in [-0.05, 0) is 37.1 Å². The smallest absolute Gasteiger partial charge is 0.240 e. The lowest BCUT2D eigenvalue weighted by atomic mass is 10.0. The summed E-state index contributed by atoms with van der Waals surface area (Å²) >= 11 is 0. The molecule has 1 amide bonds. The van der Waals surface area contributed by atoms with Crippen molar-refractivity contribution in [2.75, 3.05) is 6.26 Å². The number of carbonyl (C=O) groups is 1. The number of aromatic nitrogens is 2. The Hall–Kier alpha value is -2.67. The van der Waals surface area contributed by atoms with E-state index >= 15 is 0 Å². The lowest BCUT2D eigenvalue weighted by Crippen LogP contribution is -2.31. The summed E-state index contributed by atoms with van der Waals surface area (Å²) in [6.07, 6.45) is 1.16. The molecule has 6 nitrogen and oxygen atoms in total. The molecule has 0 saturated carbocycles. The third kappa shape index (κ3) is 4.54. The van der Waals surface area contributed by atoms with Gasteiger partial charge in [-0.2, -0.15) is 0 Å². The molecule has 0 bridgehead atoms. The number of rotatable bonds is 6. The van der Waals surface area contributed by atoms with E-state index in [4.69, 9.17) is 0 Å². The van der Waals surface area contributed by atoms with Crippen LogP contribution in [0.4, 0.5) is 0 Å². The van der Waals surface area contributed by atoms with E-state index in [0.29, 0.717) is 11.3 Å². The normalized spacial score (nSPS) is 12.9. The van der Waals surface area contributed by atoms with Crippen molar-refractivity contribution >= 4 is 26.8 Å². The number of hydrogen-bond acceptors (Lipinski definition) is 4. The molecule has 0 spiro atoms. The Bertz CT molecular complexity index is 1090. The molecule has 0 fully saturated rings. The second-order valence-corrected chi connectivity index (χ2v) is 8.96. The summed E-state index contributed by atoms with van der Waals surface area (Å²) in [7, 11) is -3.27. The summed E-state index contributed by atoms with van der Waals surface area (Å²) in [5.41, 5.74) is 3.58. The first-order chi connectivity index (χ1) is 12.7. The van der Waals surface area contributed by atoms with Gasteiger partial charge in [0.05, 0.1) is 17.1 Å². The van der Waals surface area contributed by atoms with Gasteiger partial charge in [-0.15, -0.1) is 0 Å². The number of imidazole rings is 1. The third-order valence-corrected chi connectivity index (χ3v) is 5.24. The van der Waals surface area contributed by atoms with Gasteiger partial charge in [-0.3, -0.25) is 4.79 Å². The van der Waals surface area contributed by atoms with E-state index in [0.717, 1.165) is 22.9 Å². The third-order valence-electron chi connectivity index (χ3n) is 4.46. The van der Waals surface area contributed by atoms with Gasteiger partial charge in [-0.25, -0.2) is 13.4 Å². The van der Waals surface area contributed by atoms with Crippen LogP contribution >= 0.6 is 0 Å². The van der Waals surface area contributed by atoms with Gasteiger partial charge in [0.2, 0.25) is 5.91 Å². The molecule has 7 heteroatoms. The van der Waals surface area contributed by atoms with E-state index in [-0.39, 0.29) is 24.2 Å². The van der Waals surface area contributed by atoms with Crippen molar-refractivity contribution < 1.29 is 13.2 Å². The summed E-state index contributed by atoms with van der Waals surface area (Å²) in [6, 6.07) is 15.1. The first kappa shape index (κ1) is 19.1. The number of fused-ring (bicyclic) bond motifs is 1. The number of hydrogen-bond donors (Lipinski definition) is 1. The number of carbonyl (C=O) groups excluding carboxylic acids is 1. The molecule has 0 aliphatic rings. The summed E-state index contributed by atoms with van der Waals surface area (Å²) in [5.74, 6) is -0.0245. The second kappa shape index (κ2) is 7.52. The minimum atomic E-state index is -3.27. The van der Waals surface area contributed by atoms with Crippen LogP contribution in [0.15, 0.2) is 48.5 Å². The van der Waals surface area contributed by atoms with Crippen molar-refractivity contribution in [2.45, 2.75) is 32.2 Å². The molecule has 1 N–H and O–H groups in total. The lowest BCUT2D eigenvalue weighted by Gasteiger charge is -2.17. The first-order valence-corrected chi connectivity index (χ1v) is 10.8. The Labute approximate surface area is 159 Å². The zero-order valence-electron chi connectivity index (χ0n) is 15.6. The van der Waals surface area contributed by atoms with Crippen LogP contribution in [0.2, 0.25) is 0 Å². The Morgan fingerprint density at radius 3 is 2.52 bits per heavy atom. The largest absolute Gasteiger partial charge is 0.348 e. The fraction of sp³-hybridized carbons (Fsp3) is 0.300. The van der Waals surface area contributed by atoms with Gasteiger partial charge >= 0.3 is 0 Å². The number of amides is 1. The van der Waals surface area contributed by atoms with Crippen molar-refractivity contribution in [1.29, 1.82) is 0 Å². The molecule has 2 aromatic carbocycles. The minimum Gasteiger partial charge on any atom is -0.348 e. The fourth-order valence-corrected chi connectivity index (χ4v) is 3.92. The fourth-order valence-electron chi connectivity index (χ4n) is 3.23. The Balaban J connectivity index is 1.86. The topological polar surface area (TPSA) is 81.1 Å². The molecule has 0 aliphatic heterocycles. The average molecular weight is 385 g/mol. The molecule has 0 aliphatic carbocycles. The van der Waals surface area contributed by atoms with Gasteiger partial charge in [0.25, 0.3) is 0 Å². The monoisotopic (exact) mass is 385 g/mol. The van der Waals surface area contributed by atoms with Crippen LogP contribution in [0.3, 0.4) is 0 Å². The van der Waals surface area contributed by atoms with E-state index in [2.05, 4.69) is 10.3 Å². The summed E-state index contributed by atoms with van der Waals surface area (Å²) < 4.78 is 25.2. The SMILES string of the molecule is Cc1ccccc1[C@H](C)NC(=O)Cn1c(CS(C)(=O)=O)nc2ccccc21. The van der Waals surface area contributed by atoms with Crippen LogP contribution in [0.1, 0.15) is 29.9 Å². The zero-order valence-corrected chi connectivity index (χ0v) is 16.5. The van der Waals surface area contributed by atoms with Gasteiger partial charge in [0.1, 0.15) is 18.1 Å². The van der Waals surface area contributed by atoms with Crippen molar-refractivity contribution in [2.24, 2.45) is 0 Å². The van der Waals surface area contributed by atoms with E-state index in [1.54, 1.807) is 4.57 Å². The maximum Gasteiger partial charge on any atom is 0.240 e. The highest BCUT2D eigenvalue weighted by Gasteiger charge is 2.18. The number of nitrogens with zero attached hydrogens (tertiary/aromatic N) is 2. The number of nitrogens with one attached hydrogen (secondary N) is 1. The van der Waals surface area contributed by atoms with E-state index in [1.165, 1.54) is 0 Å². The van der Waals surface area contributed by atoms with Crippen LogP contribution in [0, 0.1) is 6.92 Å². The molecule has 1 aromatic heterocycles. The highest BCUT2D eigenvalue weighted by molar-refractivity contribution is 7.89. The lowest BCUT2D eigenvalue weighted by molar-refractivity contribution is -0.122. The maximum atomic E-state index is 12.7. The number of sulfone groups is 1. The molecule has 0 radical (unpaired) electrons. The average Bonchev–Trinajstić information content (AvgIpc) is 2.90. The van der Waals surface area contributed by atoms with Crippen LogP contribution < -0.4 is 5.32 Å². The number of aryl methyl sites for hydroxylation is 1. The second-order valence-electron chi connectivity index (χ2n) is 6.82. The molecule has 0 unspecified atom stereocenters. The standard InChI is InChI=1S/C20H23N3O3S/c1-14-8-4-5-9-16(14)15(2)21-20(24)12-23-18-11-7-6-10-17(18)22-19(23)13-27(3,25)26/h4-11,15H,12-13H2,1-3H3,(H,21,24)/t15-/m0/s1. The maximum absolute atomic E-state index is 12.7. The van der Waals surface area contributed by atoms with Gasteiger partial charge in [0, 0.05) is 6.26 Å². The Morgan fingerprint density at radius 2 is 1.81 bits per heavy atom. The summed E-state index contributed by atoms with van der Waals surface area (Å²) in [6.45, 7) is 3.96. The van der Waals surface area contributed by atoms with Gasteiger partial charge in [0.15, 0.2) is 9.84 Å². The molecule has 142 valence electrons. The number of benzene rings is 2. The first-order valence-electron chi connectivity index (χ1n) is 8.71. The molecular weight excluding hydrogens is 362 g/mol. The molecule has 3 aromatic rings. The summed E-state index contributed by atoms with van der Waals surface area (Å²) in [4.78, 5) is 17.1. The van der Waals surface area contributed by atoms with E-state index < -0.39 is 9.84 Å². The molecule has 0 saturated heterocycles.